The number of hydrogen-bond donors (Lipinski definition) is 2. The fraction of sp³-hybridized carbons (Fsp3) is 0.417. The molecule has 5 heteroatoms. The zero-order chi connectivity index (χ0) is 12.4. The van der Waals surface area contributed by atoms with E-state index >= 15 is 0 Å². The van der Waals surface area contributed by atoms with Crippen LogP contribution in [0.15, 0.2) is 18.2 Å². The average Bonchev–Trinajstić information content (AvgIpc) is 3.10. The van der Waals surface area contributed by atoms with Crippen molar-refractivity contribution in [3.63, 3.8) is 0 Å². The molecule has 1 atom stereocenters. The van der Waals surface area contributed by atoms with Gasteiger partial charge in [-0.15, -0.1) is 0 Å². The second-order valence-corrected chi connectivity index (χ2v) is 4.18. The third-order valence-electron chi connectivity index (χ3n) is 2.67. The second kappa shape index (κ2) is 4.71. The molecular weight excluding hydrogens is 227 g/mol. The summed E-state index contributed by atoms with van der Waals surface area (Å²) in [5.41, 5.74) is -0.0434. The molecule has 1 saturated carbocycles. The van der Waals surface area contributed by atoms with E-state index in [1.165, 1.54) is 12.1 Å². The van der Waals surface area contributed by atoms with Crippen molar-refractivity contribution in [2.45, 2.75) is 18.9 Å². The summed E-state index contributed by atoms with van der Waals surface area (Å²) in [6.07, 6.45) is 0.427. The molecule has 0 radical (unpaired) electrons. The van der Waals surface area contributed by atoms with E-state index in [-0.39, 0.29) is 11.3 Å². The largest absolute Gasteiger partial charge is 0.493 e. The van der Waals surface area contributed by atoms with Gasteiger partial charge in [0.1, 0.15) is 11.6 Å². The Morgan fingerprint density at radius 3 is 2.82 bits per heavy atom. The lowest BCUT2D eigenvalue weighted by Crippen LogP contribution is -2.13. The van der Waals surface area contributed by atoms with E-state index in [0.717, 1.165) is 18.9 Å². The number of carbonyl (C=O) groups is 1. The molecule has 1 aromatic carbocycles. The Bertz CT molecular complexity index is 429. The van der Waals surface area contributed by atoms with Gasteiger partial charge in [-0.1, -0.05) is 0 Å². The van der Waals surface area contributed by atoms with E-state index in [9.17, 15) is 14.3 Å². The lowest BCUT2D eigenvalue weighted by atomic mass is 10.1. The molecule has 1 unspecified atom stereocenters. The molecule has 0 spiro atoms. The van der Waals surface area contributed by atoms with Crippen LogP contribution in [0, 0.1) is 11.7 Å². The molecule has 17 heavy (non-hydrogen) atoms. The minimum absolute atomic E-state index is 0.0434. The summed E-state index contributed by atoms with van der Waals surface area (Å²) in [6, 6.07) is 3.51. The SMILES string of the molecule is O=C(O)C(O)c1cc(F)ccc1OCC1CC1. The number of benzene rings is 1. The number of rotatable bonds is 5. The molecule has 0 saturated heterocycles. The molecule has 4 nitrogen and oxygen atoms in total. The van der Waals surface area contributed by atoms with Crippen molar-refractivity contribution >= 4 is 5.97 Å². The number of halogens is 1. The third-order valence-corrected chi connectivity index (χ3v) is 2.67. The molecule has 1 fully saturated rings. The highest BCUT2D eigenvalue weighted by Gasteiger charge is 2.25. The quantitative estimate of drug-likeness (QED) is 0.822. The van der Waals surface area contributed by atoms with Crippen LogP contribution in [-0.4, -0.2) is 22.8 Å². The molecule has 2 N–H and O–H groups in total. The maximum absolute atomic E-state index is 13.0. The molecule has 92 valence electrons. The third kappa shape index (κ3) is 2.94. The standard InChI is InChI=1S/C12H13FO4/c13-8-3-4-10(17-6-7-1-2-7)9(5-8)11(14)12(15)16/h3-5,7,11,14H,1-2,6H2,(H,15,16). The van der Waals surface area contributed by atoms with Gasteiger partial charge in [-0.05, 0) is 37.0 Å². The highest BCUT2D eigenvalue weighted by Crippen LogP contribution is 2.32. The van der Waals surface area contributed by atoms with Gasteiger partial charge in [-0.25, -0.2) is 9.18 Å². The highest BCUT2D eigenvalue weighted by atomic mass is 19.1. The number of carboxylic acid groups (broad SMARTS) is 1. The molecular formula is C12H13FO4. The van der Waals surface area contributed by atoms with Crippen molar-refractivity contribution < 1.29 is 24.1 Å². The summed E-state index contributed by atoms with van der Waals surface area (Å²) in [5.74, 6) is -1.30. The molecule has 0 aromatic heterocycles. The van der Waals surface area contributed by atoms with E-state index in [1.54, 1.807) is 0 Å². The molecule has 0 amide bonds. The van der Waals surface area contributed by atoms with Gasteiger partial charge in [0.25, 0.3) is 0 Å². The van der Waals surface area contributed by atoms with E-state index in [4.69, 9.17) is 9.84 Å². The first-order valence-electron chi connectivity index (χ1n) is 5.41. The molecule has 0 aliphatic heterocycles. The van der Waals surface area contributed by atoms with Crippen molar-refractivity contribution in [1.29, 1.82) is 0 Å². The fourth-order valence-corrected chi connectivity index (χ4v) is 1.49. The van der Waals surface area contributed by atoms with Crippen molar-refractivity contribution in [2.24, 2.45) is 5.92 Å². The normalized spacial score (nSPS) is 16.6. The predicted molar refractivity (Wildman–Crippen MR) is 57.2 cm³/mol. The highest BCUT2D eigenvalue weighted by molar-refractivity contribution is 5.75. The van der Waals surface area contributed by atoms with Gasteiger partial charge in [0.05, 0.1) is 6.61 Å². The number of aliphatic hydroxyl groups is 1. The Labute approximate surface area is 97.6 Å². The van der Waals surface area contributed by atoms with E-state index in [2.05, 4.69) is 0 Å². The number of aliphatic carboxylic acids is 1. The average molecular weight is 240 g/mol. The van der Waals surface area contributed by atoms with Crippen molar-refractivity contribution in [3.8, 4) is 5.75 Å². The summed E-state index contributed by atoms with van der Waals surface area (Å²) in [5, 5.41) is 18.2. The minimum atomic E-state index is -1.76. The van der Waals surface area contributed by atoms with Gasteiger partial charge in [-0.2, -0.15) is 0 Å². The first kappa shape index (κ1) is 11.9. The van der Waals surface area contributed by atoms with Crippen LogP contribution in [0.25, 0.3) is 0 Å². The lowest BCUT2D eigenvalue weighted by molar-refractivity contribution is -0.147. The second-order valence-electron chi connectivity index (χ2n) is 4.18. The van der Waals surface area contributed by atoms with Gasteiger partial charge < -0.3 is 14.9 Å². The number of ether oxygens (including phenoxy) is 1. The maximum Gasteiger partial charge on any atom is 0.337 e. The van der Waals surface area contributed by atoms with Gasteiger partial charge >= 0.3 is 5.97 Å². The molecule has 0 bridgehead atoms. The van der Waals surface area contributed by atoms with Crippen molar-refractivity contribution in [3.05, 3.63) is 29.6 Å². The van der Waals surface area contributed by atoms with E-state index in [1.807, 2.05) is 0 Å². The van der Waals surface area contributed by atoms with E-state index < -0.39 is 17.9 Å². The van der Waals surface area contributed by atoms with Crippen LogP contribution in [-0.2, 0) is 4.79 Å². The van der Waals surface area contributed by atoms with Gasteiger partial charge in [0.15, 0.2) is 6.10 Å². The maximum atomic E-state index is 13.0. The Kier molecular flexibility index (Phi) is 3.28. The molecule has 1 aromatic rings. The van der Waals surface area contributed by atoms with Crippen molar-refractivity contribution in [2.75, 3.05) is 6.61 Å². The van der Waals surface area contributed by atoms with Crippen LogP contribution < -0.4 is 4.74 Å². The monoisotopic (exact) mass is 240 g/mol. The Balaban J connectivity index is 2.19. The van der Waals surface area contributed by atoms with Crippen molar-refractivity contribution in [1.82, 2.24) is 0 Å². The molecule has 1 aliphatic carbocycles. The predicted octanol–water partition coefficient (Wildman–Crippen LogP) is 1.73. The first-order valence-corrected chi connectivity index (χ1v) is 5.41. The number of carboxylic acids is 1. The zero-order valence-electron chi connectivity index (χ0n) is 9.10. The van der Waals surface area contributed by atoms with Crippen LogP contribution in [0.4, 0.5) is 4.39 Å². The Morgan fingerprint density at radius 2 is 2.24 bits per heavy atom. The summed E-state index contributed by atoms with van der Waals surface area (Å²) in [7, 11) is 0. The summed E-state index contributed by atoms with van der Waals surface area (Å²) < 4.78 is 18.4. The van der Waals surface area contributed by atoms with Crippen LogP contribution in [0.2, 0.25) is 0 Å². The molecule has 0 heterocycles. The first-order chi connectivity index (χ1) is 8.08. The molecule has 1 aliphatic rings. The van der Waals surface area contributed by atoms with Crippen LogP contribution in [0.5, 0.6) is 5.75 Å². The van der Waals surface area contributed by atoms with Crippen LogP contribution in [0.3, 0.4) is 0 Å². The summed E-state index contributed by atoms with van der Waals surface area (Å²) >= 11 is 0. The smallest absolute Gasteiger partial charge is 0.337 e. The van der Waals surface area contributed by atoms with Gasteiger partial charge in [-0.3, -0.25) is 0 Å². The topological polar surface area (TPSA) is 66.8 Å². The summed E-state index contributed by atoms with van der Waals surface area (Å²) in [6.45, 7) is 0.477. The number of hydrogen-bond acceptors (Lipinski definition) is 3. The Morgan fingerprint density at radius 1 is 1.53 bits per heavy atom. The summed E-state index contributed by atoms with van der Waals surface area (Å²) in [4.78, 5) is 10.7. The van der Waals surface area contributed by atoms with Crippen LogP contribution >= 0.6 is 0 Å². The Hall–Kier alpha value is -1.62. The number of aliphatic hydroxyl groups excluding tert-OH is 1. The van der Waals surface area contributed by atoms with Gasteiger partial charge in [0, 0.05) is 5.56 Å². The lowest BCUT2D eigenvalue weighted by Gasteiger charge is -2.13. The van der Waals surface area contributed by atoms with Gasteiger partial charge in [0.2, 0.25) is 0 Å². The van der Waals surface area contributed by atoms with E-state index in [0.29, 0.717) is 12.5 Å². The minimum Gasteiger partial charge on any atom is -0.493 e. The fourth-order valence-electron chi connectivity index (χ4n) is 1.49. The zero-order valence-corrected chi connectivity index (χ0v) is 9.10. The van der Waals surface area contributed by atoms with Crippen LogP contribution in [0.1, 0.15) is 24.5 Å². The molecule has 2 rings (SSSR count).